The Balaban J connectivity index is 1.57. The summed E-state index contributed by atoms with van der Waals surface area (Å²) in [4.78, 5) is 29.9. The number of nitrogens with zero attached hydrogens (tertiary/aromatic N) is 1. The smallest absolute Gasteiger partial charge is 0.228 e. The molecule has 0 saturated carbocycles. The van der Waals surface area contributed by atoms with Crippen molar-refractivity contribution in [3.05, 3.63) is 68.0 Å². The second-order valence-electron chi connectivity index (χ2n) is 8.12. The predicted molar refractivity (Wildman–Crippen MR) is 128 cm³/mol. The summed E-state index contributed by atoms with van der Waals surface area (Å²) in [6, 6.07) is 8.62. The first kappa shape index (κ1) is 22.8. The monoisotopic (exact) mass is 466 g/mol. The molecule has 4 rings (SSSR count). The van der Waals surface area contributed by atoms with E-state index < -0.39 is 0 Å². The van der Waals surface area contributed by atoms with Gasteiger partial charge in [0.15, 0.2) is 5.58 Å². The summed E-state index contributed by atoms with van der Waals surface area (Å²) in [5.41, 5.74) is 2.48. The van der Waals surface area contributed by atoms with E-state index in [0.29, 0.717) is 47.3 Å². The second kappa shape index (κ2) is 9.62. The fourth-order valence-corrected chi connectivity index (χ4v) is 4.49. The molecule has 0 bridgehead atoms. The Morgan fingerprint density at radius 1 is 1.18 bits per heavy atom. The van der Waals surface area contributed by atoms with Crippen LogP contribution < -0.4 is 15.5 Å². The molecule has 0 fully saturated rings. The third-order valence-corrected chi connectivity index (χ3v) is 6.22. The summed E-state index contributed by atoms with van der Waals surface area (Å²) in [5.74, 6) is 1.80. The lowest BCUT2D eigenvalue weighted by Crippen LogP contribution is -2.27. The number of carbonyl (C=O) groups is 1. The normalized spacial score (nSPS) is 11.3. The van der Waals surface area contributed by atoms with Crippen molar-refractivity contribution in [2.24, 2.45) is 0 Å². The maximum atomic E-state index is 12.8. The van der Waals surface area contributed by atoms with Crippen molar-refractivity contribution < 1.29 is 18.4 Å². The number of methoxy groups -OCH3 is 1. The van der Waals surface area contributed by atoms with Crippen LogP contribution in [-0.4, -0.2) is 24.5 Å². The van der Waals surface area contributed by atoms with Gasteiger partial charge in [0.25, 0.3) is 0 Å². The Hall–Kier alpha value is -3.39. The molecular weight excluding hydrogens is 440 g/mol. The average molecular weight is 467 g/mol. The van der Waals surface area contributed by atoms with Gasteiger partial charge in [-0.1, -0.05) is 13.8 Å². The number of thiazole rings is 1. The largest absolute Gasteiger partial charge is 0.497 e. The van der Waals surface area contributed by atoms with Gasteiger partial charge in [-0.15, -0.1) is 11.3 Å². The van der Waals surface area contributed by atoms with Crippen molar-refractivity contribution in [1.29, 1.82) is 0 Å². The topological polar surface area (TPSA) is 94.6 Å². The summed E-state index contributed by atoms with van der Waals surface area (Å²) in [5, 5.41) is 6.00. The number of aryl methyl sites for hydroxylation is 1. The molecular formula is C25H26N2O5S. The van der Waals surface area contributed by atoms with Crippen molar-refractivity contribution >= 4 is 28.4 Å². The highest BCUT2D eigenvalue weighted by atomic mass is 32.1. The number of benzene rings is 1. The van der Waals surface area contributed by atoms with Crippen molar-refractivity contribution in [1.82, 2.24) is 10.3 Å². The molecule has 7 nitrogen and oxygen atoms in total. The number of aromatic nitrogens is 1. The molecule has 0 atom stereocenters. The fraction of sp³-hybridized carbons (Fsp3) is 0.320. The second-order valence-corrected chi connectivity index (χ2v) is 9.06. The van der Waals surface area contributed by atoms with Gasteiger partial charge in [0.05, 0.1) is 29.8 Å². The van der Waals surface area contributed by atoms with Crippen molar-refractivity contribution in [3.63, 3.8) is 0 Å². The number of hydrogen-bond acceptors (Lipinski definition) is 7. The molecule has 1 N–H and O–H groups in total. The van der Waals surface area contributed by atoms with Crippen LogP contribution in [0.3, 0.4) is 0 Å². The Kier molecular flexibility index (Phi) is 6.65. The maximum absolute atomic E-state index is 12.8. The van der Waals surface area contributed by atoms with E-state index in [1.54, 1.807) is 37.5 Å². The molecule has 3 aromatic heterocycles. The molecule has 1 amide bonds. The molecule has 0 saturated heterocycles. The van der Waals surface area contributed by atoms with Gasteiger partial charge in [-0.05, 0) is 37.1 Å². The molecule has 0 unspecified atom stereocenters. The van der Waals surface area contributed by atoms with Gasteiger partial charge in [0, 0.05) is 30.0 Å². The van der Waals surface area contributed by atoms with Crippen LogP contribution >= 0.6 is 11.3 Å². The Bertz CT molecular complexity index is 1330. The van der Waals surface area contributed by atoms with Crippen LogP contribution in [0.1, 0.15) is 41.8 Å². The number of rotatable bonds is 8. The SMILES string of the molecule is COc1ccc(-c2oc3c(=O)cc(C)oc3c2CC(=O)NCCc2nc(C(C)C)cs2)cc1. The maximum Gasteiger partial charge on any atom is 0.228 e. The summed E-state index contributed by atoms with van der Waals surface area (Å²) in [6.07, 6.45) is 0.685. The number of ether oxygens (including phenoxy) is 1. The van der Waals surface area contributed by atoms with Crippen molar-refractivity contribution in [2.75, 3.05) is 13.7 Å². The Labute approximate surface area is 195 Å². The lowest BCUT2D eigenvalue weighted by atomic mass is 10.1. The molecule has 172 valence electrons. The summed E-state index contributed by atoms with van der Waals surface area (Å²) >= 11 is 1.61. The van der Waals surface area contributed by atoms with Gasteiger partial charge < -0.3 is 18.9 Å². The van der Waals surface area contributed by atoms with E-state index >= 15 is 0 Å². The van der Waals surface area contributed by atoms with Crippen molar-refractivity contribution in [2.45, 2.75) is 39.5 Å². The van der Waals surface area contributed by atoms with E-state index in [9.17, 15) is 9.59 Å². The van der Waals surface area contributed by atoms with E-state index in [1.165, 1.54) is 6.07 Å². The van der Waals surface area contributed by atoms with Crippen LogP contribution in [0.15, 0.2) is 49.3 Å². The molecule has 0 aliphatic carbocycles. The van der Waals surface area contributed by atoms with E-state index in [2.05, 4.69) is 29.5 Å². The van der Waals surface area contributed by atoms with Gasteiger partial charge in [-0.25, -0.2) is 4.98 Å². The first-order chi connectivity index (χ1) is 15.9. The molecule has 0 aliphatic rings. The van der Waals surface area contributed by atoms with Gasteiger partial charge in [0.2, 0.25) is 16.9 Å². The van der Waals surface area contributed by atoms with E-state index in [1.807, 2.05) is 12.1 Å². The highest BCUT2D eigenvalue weighted by molar-refractivity contribution is 7.09. The van der Waals surface area contributed by atoms with Crippen LogP contribution in [0.5, 0.6) is 5.75 Å². The molecule has 1 aromatic carbocycles. The minimum atomic E-state index is -0.278. The van der Waals surface area contributed by atoms with Crippen LogP contribution in [0.2, 0.25) is 0 Å². The zero-order chi connectivity index (χ0) is 23.5. The summed E-state index contributed by atoms with van der Waals surface area (Å²) in [6.45, 7) is 6.39. The van der Waals surface area contributed by atoms with Gasteiger partial charge in [-0.3, -0.25) is 9.59 Å². The zero-order valence-corrected chi connectivity index (χ0v) is 19.9. The van der Waals surface area contributed by atoms with Gasteiger partial charge in [0.1, 0.15) is 17.3 Å². The van der Waals surface area contributed by atoms with Crippen LogP contribution in [-0.2, 0) is 17.6 Å². The van der Waals surface area contributed by atoms with Gasteiger partial charge in [-0.2, -0.15) is 0 Å². The van der Waals surface area contributed by atoms with Crippen molar-refractivity contribution in [3.8, 4) is 17.1 Å². The molecule has 0 radical (unpaired) electrons. The molecule has 0 aliphatic heterocycles. The fourth-order valence-electron chi connectivity index (χ4n) is 3.53. The Morgan fingerprint density at radius 3 is 2.61 bits per heavy atom. The van der Waals surface area contributed by atoms with Gasteiger partial charge >= 0.3 is 0 Å². The quantitative estimate of drug-likeness (QED) is 0.399. The average Bonchev–Trinajstić information content (AvgIpc) is 3.40. The molecule has 4 aromatic rings. The third-order valence-electron chi connectivity index (χ3n) is 5.29. The third kappa shape index (κ3) is 5.01. The number of nitrogens with one attached hydrogen (secondary N) is 1. The summed E-state index contributed by atoms with van der Waals surface area (Å²) in [7, 11) is 1.59. The minimum absolute atomic E-state index is 0.0237. The van der Waals surface area contributed by atoms with E-state index in [-0.39, 0.29) is 23.3 Å². The van der Waals surface area contributed by atoms with Crippen LogP contribution in [0.4, 0.5) is 0 Å². The molecule has 8 heteroatoms. The Morgan fingerprint density at radius 2 is 1.94 bits per heavy atom. The lowest BCUT2D eigenvalue weighted by molar-refractivity contribution is -0.120. The minimum Gasteiger partial charge on any atom is -0.497 e. The number of carbonyl (C=O) groups excluding carboxylic acids is 1. The highest BCUT2D eigenvalue weighted by Gasteiger charge is 2.23. The predicted octanol–water partition coefficient (Wildman–Crippen LogP) is 4.85. The standard InChI is InChI=1S/C25H26N2O5S/c1-14(2)19-13-33-22(27-19)9-10-26-21(29)12-18-23(16-5-7-17(30-4)8-6-16)32-25-20(28)11-15(3)31-24(18)25/h5-8,11,13-14H,9-10,12H2,1-4H3,(H,26,29). The van der Waals surface area contributed by atoms with E-state index in [4.69, 9.17) is 13.6 Å². The zero-order valence-electron chi connectivity index (χ0n) is 19.1. The number of furan rings is 1. The first-order valence-corrected chi connectivity index (χ1v) is 11.6. The van der Waals surface area contributed by atoms with E-state index in [0.717, 1.165) is 16.3 Å². The lowest BCUT2D eigenvalue weighted by Gasteiger charge is -2.06. The van der Waals surface area contributed by atoms with Crippen LogP contribution in [0.25, 0.3) is 22.5 Å². The number of fused-ring (bicyclic) bond motifs is 1. The van der Waals surface area contributed by atoms with Crippen LogP contribution in [0, 0.1) is 6.92 Å². The number of amides is 1. The first-order valence-electron chi connectivity index (χ1n) is 10.8. The molecule has 0 spiro atoms. The number of hydrogen-bond donors (Lipinski definition) is 1. The molecule has 3 heterocycles. The highest BCUT2D eigenvalue weighted by Crippen LogP contribution is 2.34. The summed E-state index contributed by atoms with van der Waals surface area (Å²) < 4.78 is 16.9. The molecule has 33 heavy (non-hydrogen) atoms.